The molecule has 1 aromatic rings. The average Bonchev–Trinajstić information content (AvgIpc) is 2.30. The van der Waals surface area contributed by atoms with Crippen LogP contribution in [0.2, 0.25) is 0 Å². The summed E-state index contributed by atoms with van der Waals surface area (Å²) in [4.78, 5) is 0. The predicted molar refractivity (Wildman–Crippen MR) is 77.8 cm³/mol. The van der Waals surface area contributed by atoms with Gasteiger partial charge in [0.05, 0.1) is 0 Å². The lowest BCUT2D eigenvalue weighted by Crippen LogP contribution is -2.02. The summed E-state index contributed by atoms with van der Waals surface area (Å²) < 4.78 is 0. The highest BCUT2D eigenvalue weighted by Gasteiger charge is 2.08. The maximum atomic E-state index is 2.46. The van der Waals surface area contributed by atoms with Crippen LogP contribution in [0.3, 0.4) is 0 Å². The molecule has 0 heteroatoms. The number of hydrogen-bond acceptors (Lipinski definition) is 0. The first-order valence-electron chi connectivity index (χ1n) is 7.40. The van der Waals surface area contributed by atoms with E-state index in [4.69, 9.17) is 0 Å². The van der Waals surface area contributed by atoms with Crippen LogP contribution < -0.4 is 0 Å². The average molecular weight is 232 g/mol. The summed E-state index contributed by atoms with van der Waals surface area (Å²) in [5.74, 6) is 0. The van der Waals surface area contributed by atoms with Crippen molar-refractivity contribution in [3.8, 4) is 0 Å². The van der Waals surface area contributed by atoms with E-state index >= 15 is 0 Å². The highest BCUT2D eigenvalue weighted by atomic mass is 14.1. The third-order valence-electron chi connectivity index (χ3n) is 3.43. The van der Waals surface area contributed by atoms with E-state index in [0.29, 0.717) is 0 Å². The molecule has 0 N–H and O–H groups in total. The third kappa shape index (κ3) is 3.87. The minimum absolute atomic E-state index is 1.19. The van der Waals surface area contributed by atoms with Crippen LogP contribution in [0.5, 0.6) is 0 Å². The molecule has 0 aliphatic heterocycles. The van der Waals surface area contributed by atoms with E-state index in [2.05, 4.69) is 39.8 Å². The Morgan fingerprint density at radius 3 is 1.53 bits per heavy atom. The second-order valence-corrected chi connectivity index (χ2v) is 5.00. The third-order valence-corrected chi connectivity index (χ3v) is 3.43. The number of rotatable bonds is 7. The van der Waals surface area contributed by atoms with Crippen molar-refractivity contribution < 1.29 is 0 Å². The van der Waals surface area contributed by atoms with Gasteiger partial charge in [0.1, 0.15) is 0 Å². The molecule has 0 amide bonds. The van der Waals surface area contributed by atoms with Gasteiger partial charge >= 0.3 is 0 Å². The summed E-state index contributed by atoms with van der Waals surface area (Å²) in [5.41, 5.74) is 6.42. The molecule has 0 aromatic heterocycles. The molecule has 0 heterocycles. The lowest BCUT2D eigenvalue weighted by molar-refractivity contribution is 0.843. The molecule has 0 aliphatic rings. The van der Waals surface area contributed by atoms with Crippen LogP contribution in [-0.4, -0.2) is 0 Å². The van der Waals surface area contributed by atoms with Crippen LogP contribution in [0.1, 0.15) is 69.2 Å². The van der Waals surface area contributed by atoms with Gasteiger partial charge in [0, 0.05) is 0 Å². The molecule has 96 valence electrons. The van der Waals surface area contributed by atoms with Gasteiger partial charge in [-0.2, -0.15) is 0 Å². The van der Waals surface area contributed by atoms with Crippen molar-refractivity contribution in [3.05, 3.63) is 34.4 Å². The Kier molecular flexibility index (Phi) is 6.32. The topological polar surface area (TPSA) is 0 Å². The molecule has 0 saturated heterocycles. The van der Waals surface area contributed by atoms with Gasteiger partial charge in [0.15, 0.2) is 0 Å². The highest BCUT2D eigenvalue weighted by Crippen LogP contribution is 2.22. The summed E-state index contributed by atoms with van der Waals surface area (Å²) in [6.45, 7) is 9.14. The maximum absolute atomic E-state index is 2.46. The van der Waals surface area contributed by atoms with Crippen LogP contribution in [0.25, 0.3) is 0 Å². The summed E-state index contributed by atoms with van der Waals surface area (Å²) in [6.07, 6.45) is 8.69. The van der Waals surface area contributed by atoms with Crippen molar-refractivity contribution in [1.29, 1.82) is 0 Å². The first-order chi connectivity index (χ1) is 8.26. The smallest absolute Gasteiger partial charge is 0.0279 e. The van der Waals surface area contributed by atoms with Crippen LogP contribution in [-0.2, 0) is 25.7 Å². The van der Waals surface area contributed by atoms with Crippen molar-refractivity contribution in [2.45, 2.75) is 72.6 Å². The molecule has 0 spiro atoms. The number of aryl methyl sites for hydroxylation is 3. The molecule has 0 aliphatic carbocycles. The minimum atomic E-state index is 1.19. The Hall–Kier alpha value is -0.780. The molecular weight excluding hydrogens is 204 g/mol. The molecule has 0 fully saturated rings. The van der Waals surface area contributed by atoms with Crippen LogP contribution in [0.4, 0.5) is 0 Å². The Morgan fingerprint density at radius 2 is 1.18 bits per heavy atom. The minimum Gasteiger partial charge on any atom is -0.0651 e. The summed E-state index contributed by atoms with van der Waals surface area (Å²) >= 11 is 0. The van der Waals surface area contributed by atoms with Gasteiger partial charge in [-0.05, 0) is 47.9 Å². The van der Waals surface area contributed by atoms with Crippen molar-refractivity contribution in [3.63, 3.8) is 0 Å². The van der Waals surface area contributed by atoms with E-state index in [1.54, 1.807) is 22.3 Å². The molecule has 1 rings (SSSR count). The molecular formula is C17H28. The van der Waals surface area contributed by atoms with Crippen molar-refractivity contribution in [1.82, 2.24) is 0 Å². The summed E-state index contributed by atoms with van der Waals surface area (Å²) in [6, 6.07) is 4.93. The largest absolute Gasteiger partial charge is 0.0651 e. The van der Waals surface area contributed by atoms with E-state index in [-0.39, 0.29) is 0 Å². The van der Waals surface area contributed by atoms with E-state index in [9.17, 15) is 0 Å². The standard InChI is InChI=1S/C17H28/c1-5-9-14-12-15(10-6-2)17(8-4)16(13-14)11-7-3/h12-13H,5-11H2,1-4H3. The zero-order chi connectivity index (χ0) is 12.7. The molecule has 0 nitrogen and oxygen atoms in total. The Balaban J connectivity index is 3.14. The number of hydrogen-bond donors (Lipinski definition) is 0. The lowest BCUT2D eigenvalue weighted by atomic mass is 9.90. The van der Waals surface area contributed by atoms with E-state index in [0.717, 1.165) is 0 Å². The Morgan fingerprint density at radius 1 is 0.706 bits per heavy atom. The van der Waals surface area contributed by atoms with Crippen LogP contribution in [0, 0.1) is 0 Å². The molecule has 0 bridgehead atoms. The molecule has 0 saturated carbocycles. The zero-order valence-corrected chi connectivity index (χ0v) is 12.1. The van der Waals surface area contributed by atoms with E-state index in [1.807, 2.05) is 0 Å². The SMILES string of the molecule is CCCc1cc(CCC)c(CC)c(CCC)c1. The first-order valence-corrected chi connectivity index (χ1v) is 7.40. The van der Waals surface area contributed by atoms with Gasteiger partial charge in [-0.3, -0.25) is 0 Å². The Bertz CT molecular complexity index is 309. The van der Waals surface area contributed by atoms with Gasteiger partial charge in [-0.25, -0.2) is 0 Å². The van der Waals surface area contributed by atoms with E-state index < -0.39 is 0 Å². The summed E-state index contributed by atoms with van der Waals surface area (Å²) in [7, 11) is 0. The van der Waals surface area contributed by atoms with Gasteiger partial charge in [-0.1, -0.05) is 59.1 Å². The lowest BCUT2D eigenvalue weighted by Gasteiger charge is -2.15. The fourth-order valence-corrected chi connectivity index (χ4v) is 2.74. The molecule has 1 aromatic carbocycles. The second-order valence-electron chi connectivity index (χ2n) is 5.00. The molecule has 0 radical (unpaired) electrons. The quantitative estimate of drug-likeness (QED) is 0.613. The van der Waals surface area contributed by atoms with Gasteiger partial charge in [-0.15, -0.1) is 0 Å². The van der Waals surface area contributed by atoms with Crippen molar-refractivity contribution in [2.75, 3.05) is 0 Å². The first kappa shape index (κ1) is 14.3. The monoisotopic (exact) mass is 232 g/mol. The fraction of sp³-hybridized carbons (Fsp3) is 0.647. The fourth-order valence-electron chi connectivity index (χ4n) is 2.74. The second kappa shape index (κ2) is 7.53. The maximum Gasteiger partial charge on any atom is -0.0279 e. The van der Waals surface area contributed by atoms with E-state index in [1.165, 1.54) is 44.9 Å². The number of benzene rings is 1. The molecule has 0 atom stereocenters. The summed E-state index contributed by atoms with van der Waals surface area (Å²) in [5, 5.41) is 0. The predicted octanol–water partition coefficient (Wildman–Crippen LogP) is 5.11. The molecule has 17 heavy (non-hydrogen) atoms. The van der Waals surface area contributed by atoms with Crippen molar-refractivity contribution >= 4 is 0 Å². The van der Waals surface area contributed by atoms with Crippen LogP contribution in [0.15, 0.2) is 12.1 Å². The van der Waals surface area contributed by atoms with Gasteiger partial charge in [0.2, 0.25) is 0 Å². The highest BCUT2D eigenvalue weighted by molar-refractivity contribution is 5.40. The van der Waals surface area contributed by atoms with Gasteiger partial charge < -0.3 is 0 Å². The Labute approximate surface area is 107 Å². The van der Waals surface area contributed by atoms with Crippen LogP contribution >= 0.6 is 0 Å². The van der Waals surface area contributed by atoms with Gasteiger partial charge in [0.25, 0.3) is 0 Å². The van der Waals surface area contributed by atoms with Crippen molar-refractivity contribution in [2.24, 2.45) is 0 Å². The molecule has 0 unspecified atom stereocenters. The normalized spacial score (nSPS) is 10.8. The zero-order valence-electron chi connectivity index (χ0n) is 12.1.